The van der Waals surface area contributed by atoms with Gasteiger partial charge in [-0.1, -0.05) is 17.7 Å². The first-order valence-corrected chi connectivity index (χ1v) is 6.92. The van der Waals surface area contributed by atoms with Gasteiger partial charge in [-0.05, 0) is 47.0 Å². The zero-order valence-corrected chi connectivity index (χ0v) is 11.9. The molecule has 2 aromatic carbocycles. The Labute approximate surface area is 126 Å². The molecule has 21 heavy (non-hydrogen) atoms. The van der Waals surface area contributed by atoms with Gasteiger partial charge in [-0.25, -0.2) is 9.18 Å². The molecule has 0 aromatic heterocycles. The fraction of sp³-hybridized carbons (Fsp3) is 0.188. The summed E-state index contributed by atoms with van der Waals surface area (Å²) in [6.45, 7) is 1.89. The van der Waals surface area contributed by atoms with Gasteiger partial charge in [-0.2, -0.15) is 0 Å². The van der Waals surface area contributed by atoms with Crippen LogP contribution in [0.25, 0.3) is 0 Å². The van der Waals surface area contributed by atoms with E-state index in [0.717, 1.165) is 16.7 Å². The summed E-state index contributed by atoms with van der Waals surface area (Å²) in [5.74, 6) is -1.23. The van der Waals surface area contributed by atoms with Crippen LogP contribution in [0.5, 0.6) is 0 Å². The second kappa shape index (κ2) is 5.47. The average molecular weight is 306 g/mol. The molecule has 0 bridgehead atoms. The highest BCUT2D eigenvalue weighted by molar-refractivity contribution is 6.31. The third-order valence-corrected chi connectivity index (χ3v) is 4.01. The standard InChI is InChI=1S/C16H13ClFNO2/c17-15-4-3-14(18)6-13(15)9-19-7-11-2-1-10(16(20)21)5-12(11)8-19/h1-6H,7-9H2,(H,20,21). The lowest BCUT2D eigenvalue weighted by Gasteiger charge is -2.15. The van der Waals surface area contributed by atoms with Gasteiger partial charge < -0.3 is 5.11 Å². The smallest absolute Gasteiger partial charge is 0.335 e. The normalized spacial score (nSPS) is 14.2. The van der Waals surface area contributed by atoms with Crippen molar-refractivity contribution in [2.75, 3.05) is 0 Å². The largest absolute Gasteiger partial charge is 0.478 e. The second-order valence-electron chi connectivity index (χ2n) is 5.17. The van der Waals surface area contributed by atoms with Crippen molar-refractivity contribution < 1.29 is 14.3 Å². The molecule has 1 N–H and O–H groups in total. The molecular weight excluding hydrogens is 293 g/mol. The lowest BCUT2D eigenvalue weighted by Crippen LogP contribution is -2.16. The molecule has 3 rings (SSSR count). The van der Waals surface area contributed by atoms with E-state index >= 15 is 0 Å². The SMILES string of the molecule is O=C(O)c1ccc2c(c1)CN(Cc1cc(F)ccc1Cl)C2. The number of hydrogen-bond donors (Lipinski definition) is 1. The molecule has 5 heteroatoms. The molecule has 2 aromatic rings. The Morgan fingerprint density at radius 3 is 2.71 bits per heavy atom. The number of carboxylic acid groups (broad SMARTS) is 1. The molecule has 0 fully saturated rings. The van der Waals surface area contributed by atoms with Crippen molar-refractivity contribution in [3.8, 4) is 0 Å². The molecule has 3 nitrogen and oxygen atoms in total. The molecule has 1 aliphatic rings. The summed E-state index contributed by atoms with van der Waals surface area (Å²) >= 11 is 6.08. The number of fused-ring (bicyclic) bond motifs is 1. The molecule has 1 heterocycles. The van der Waals surface area contributed by atoms with Gasteiger partial charge in [0.05, 0.1) is 5.56 Å². The van der Waals surface area contributed by atoms with E-state index in [4.69, 9.17) is 16.7 Å². The summed E-state index contributed by atoms with van der Waals surface area (Å²) in [7, 11) is 0. The van der Waals surface area contributed by atoms with E-state index in [9.17, 15) is 9.18 Å². The van der Waals surface area contributed by atoms with Crippen LogP contribution in [0.1, 0.15) is 27.0 Å². The number of aromatic carboxylic acids is 1. The Morgan fingerprint density at radius 2 is 1.95 bits per heavy atom. The number of carbonyl (C=O) groups is 1. The number of nitrogens with zero attached hydrogens (tertiary/aromatic N) is 1. The van der Waals surface area contributed by atoms with Crippen LogP contribution in [-0.2, 0) is 19.6 Å². The predicted octanol–water partition coefficient (Wildman–Crippen LogP) is 3.69. The fourth-order valence-electron chi connectivity index (χ4n) is 2.62. The van der Waals surface area contributed by atoms with Crippen molar-refractivity contribution in [1.82, 2.24) is 4.90 Å². The molecule has 0 radical (unpaired) electrons. The Balaban J connectivity index is 1.78. The zero-order chi connectivity index (χ0) is 15.0. The van der Waals surface area contributed by atoms with Crippen molar-refractivity contribution in [3.05, 3.63) is 69.5 Å². The summed E-state index contributed by atoms with van der Waals surface area (Å²) in [5.41, 5.74) is 3.14. The number of carboxylic acids is 1. The molecule has 0 amide bonds. The van der Waals surface area contributed by atoms with Crippen molar-refractivity contribution in [2.24, 2.45) is 0 Å². The van der Waals surface area contributed by atoms with Gasteiger partial charge in [0, 0.05) is 24.7 Å². The summed E-state index contributed by atoms with van der Waals surface area (Å²) < 4.78 is 13.3. The van der Waals surface area contributed by atoms with Gasteiger partial charge in [0.1, 0.15) is 5.82 Å². The van der Waals surface area contributed by atoms with Gasteiger partial charge in [0.25, 0.3) is 0 Å². The van der Waals surface area contributed by atoms with Gasteiger partial charge >= 0.3 is 5.97 Å². The van der Waals surface area contributed by atoms with Gasteiger partial charge in [-0.3, -0.25) is 4.90 Å². The first-order valence-electron chi connectivity index (χ1n) is 6.54. The summed E-state index contributed by atoms with van der Waals surface area (Å²) in [4.78, 5) is 13.1. The van der Waals surface area contributed by atoms with E-state index < -0.39 is 5.97 Å². The molecule has 108 valence electrons. The summed E-state index contributed by atoms with van der Waals surface area (Å²) in [6.07, 6.45) is 0. The van der Waals surface area contributed by atoms with Gasteiger partial charge in [0.2, 0.25) is 0 Å². The maximum absolute atomic E-state index is 13.3. The maximum Gasteiger partial charge on any atom is 0.335 e. The van der Waals surface area contributed by atoms with Gasteiger partial charge in [0.15, 0.2) is 0 Å². The van der Waals surface area contributed by atoms with E-state index in [0.29, 0.717) is 30.2 Å². The number of rotatable bonds is 3. The molecule has 0 saturated carbocycles. The molecule has 0 atom stereocenters. The van der Waals surface area contributed by atoms with Crippen molar-refractivity contribution >= 4 is 17.6 Å². The van der Waals surface area contributed by atoms with Crippen LogP contribution in [0, 0.1) is 5.82 Å². The van der Waals surface area contributed by atoms with Crippen LogP contribution in [0.2, 0.25) is 5.02 Å². The second-order valence-corrected chi connectivity index (χ2v) is 5.58. The van der Waals surface area contributed by atoms with Crippen LogP contribution in [0.4, 0.5) is 4.39 Å². The summed E-state index contributed by atoms with van der Waals surface area (Å²) in [6, 6.07) is 9.48. The molecule has 0 saturated heterocycles. The van der Waals surface area contributed by atoms with Crippen molar-refractivity contribution in [2.45, 2.75) is 19.6 Å². The van der Waals surface area contributed by atoms with Crippen LogP contribution >= 0.6 is 11.6 Å². The quantitative estimate of drug-likeness (QED) is 0.940. The minimum atomic E-state index is -0.926. The van der Waals surface area contributed by atoms with E-state index in [1.165, 1.54) is 12.1 Å². The summed E-state index contributed by atoms with van der Waals surface area (Å²) in [5, 5.41) is 9.55. The van der Waals surface area contributed by atoms with E-state index in [-0.39, 0.29) is 5.82 Å². The van der Waals surface area contributed by atoms with Crippen LogP contribution < -0.4 is 0 Å². The average Bonchev–Trinajstić information content (AvgIpc) is 2.84. The number of hydrogen-bond acceptors (Lipinski definition) is 2. The number of halogens is 2. The molecular formula is C16H13ClFNO2. The van der Waals surface area contributed by atoms with Gasteiger partial charge in [-0.15, -0.1) is 0 Å². The topological polar surface area (TPSA) is 40.5 Å². The monoisotopic (exact) mass is 305 g/mol. The Morgan fingerprint density at radius 1 is 1.19 bits per heavy atom. The van der Waals surface area contributed by atoms with Crippen LogP contribution in [-0.4, -0.2) is 16.0 Å². The lowest BCUT2D eigenvalue weighted by molar-refractivity contribution is 0.0696. The van der Waals surface area contributed by atoms with E-state index in [1.807, 2.05) is 6.07 Å². The Kier molecular flexibility index (Phi) is 3.66. The predicted molar refractivity (Wildman–Crippen MR) is 77.8 cm³/mol. The van der Waals surface area contributed by atoms with E-state index in [2.05, 4.69) is 4.90 Å². The minimum Gasteiger partial charge on any atom is -0.478 e. The highest BCUT2D eigenvalue weighted by Gasteiger charge is 2.21. The van der Waals surface area contributed by atoms with E-state index in [1.54, 1.807) is 18.2 Å². The Hall–Kier alpha value is -1.91. The Bertz CT molecular complexity index is 717. The third kappa shape index (κ3) is 2.91. The van der Waals surface area contributed by atoms with Crippen molar-refractivity contribution in [3.63, 3.8) is 0 Å². The maximum atomic E-state index is 13.3. The molecule has 0 unspecified atom stereocenters. The fourth-order valence-corrected chi connectivity index (χ4v) is 2.79. The lowest BCUT2D eigenvalue weighted by atomic mass is 10.1. The van der Waals surface area contributed by atoms with Crippen molar-refractivity contribution in [1.29, 1.82) is 0 Å². The first-order chi connectivity index (χ1) is 10.0. The highest BCUT2D eigenvalue weighted by atomic mass is 35.5. The third-order valence-electron chi connectivity index (χ3n) is 3.64. The molecule has 0 aliphatic carbocycles. The van der Waals surface area contributed by atoms with Crippen LogP contribution in [0.15, 0.2) is 36.4 Å². The zero-order valence-electron chi connectivity index (χ0n) is 11.1. The highest BCUT2D eigenvalue weighted by Crippen LogP contribution is 2.27. The molecule has 0 spiro atoms. The first kappa shape index (κ1) is 14.0. The number of benzene rings is 2. The van der Waals surface area contributed by atoms with Crippen LogP contribution in [0.3, 0.4) is 0 Å². The minimum absolute atomic E-state index is 0.291. The molecule has 1 aliphatic heterocycles.